The Hall–Kier alpha value is -3.96. The molecule has 1 aromatic heterocycles. The Balaban J connectivity index is 1.21. The van der Waals surface area contributed by atoms with Crippen molar-refractivity contribution in [3.63, 3.8) is 0 Å². The number of alkyl halides is 4. The van der Waals surface area contributed by atoms with Crippen molar-refractivity contribution in [3.8, 4) is 0 Å². The molecule has 3 aliphatic carbocycles. The van der Waals surface area contributed by atoms with Crippen molar-refractivity contribution in [2.75, 3.05) is 4.90 Å². The zero-order chi connectivity index (χ0) is 34.4. The molecular formula is C36H41F4N5O3. The van der Waals surface area contributed by atoms with Crippen LogP contribution in [0, 0.1) is 5.41 Å². The molecule has 12 heteroatoms. The van der Waals surface area contributed by atoms with Gasteiger partial charge in [-0.25, -0.2) is 9.18 Å². The standard InChI is InChI=1S/C36H41F4N5O3/c1-32(2,3)45(31(47)48-33(4)10-7-11-33)17-22-12-26-27(28(13-22)36(38,39)40)18-44(29(26)46)25-9-6-8-23(14-25)35(30-42-41-21-43(30)5)19-34(20-35)15-24(37)16-34/h6,8-9,12-14,21,24H,7,10-11,15-20H2,1-5H3. The summed E-state index contributed by atoms with van der Waals surface area (Å²) in [4.78, 5) is 30.1. The van der Waals surface area contributed by atoms with Crippen LogP contribution in [0.3, 0.4) is 0 Å². The third-order valence-electron chi connectivity index (χ3n) is 11.0. The van der Waals surface area contributed by atoms with Crippen LogP contribution >= 0.6 is 0 Å². The van der Waals surface area contributed by atoms with E-state index < -0.39 is 46.5 Å². The van der Waals surface area contributed by atoms with Gasteiger partial charge < -0.3 is 14.2 Å². The molecule has 7 rings (SSSR count). The molecule has 2 amide bonds. The number of benzene rings is 2. The van der Waals surface area contributed by atoms with E-state index in [0.29, 0.717) is 31.4 Å². The van der Waals surface area contributed by atoms with Crippen LogP contribution in [-0.2, 0) is 36.5 Å². The minimum Gasteiger partial charge on any atom is -0.443 e. The Labute approximate surface area is 277 Å². The van der Waals surface area contributed by atoms with Crippen molar-refractivity contribution in [1.29, 1.82) is 0 Å². The summed E-state index contributed by atoms with van der Waals surface area (Å²) in [5, 5.41) is 8.50. The third kappa shape index (κ3) is 5.35. The van der Waals surface area contributed by atoms with Crippen molar-refractivity contribution in [2.45, 2.75) is 115 Å². The summed E-state index contributed by atoms with van der Waals surface area (Å²) in [5.74, 6) is 0.194. The molecule has 2 aromatic carbocycles. The predicted octanol–water partition coefficient (Wildman–Crippen LogP) is 7.87. The number of halogens is 4. The van der Waals surface area contributed by atoms with Crippen molar-refractivity contribution in [2.24, 2.45) is 12.5 Å². The normalized spacial score (nSPS) is 26.1. The maximum absolute atomic E-state index is 14.6. The molecule has 3 fully saturated rings. The van der Waals surface area contributed by atoms with Gasteiger partial charge in [-0.15, -0.1) is 10.2 Å². The van der Waals surface area contributed by atoms with E-state index in [2.05, 4.69) is 10.2 Å². The number of fused-ring (bicyclic) bond motifs is 1. The lowest BCUT2D eigenvalue weighted by Gasteiger charge is -2.61. The monoisotopic (exact) mass is 667 g/mol. The van der Waals surface area contributed by atoms with E-state index in [-0.39, 0.29) is 35.2 Å². The molecule has 256 valence electrons. The lowest BCUT2D eigenvalue weighted by molar-refractivity contribution is -0.138. The van der Waals surface area contributed by atoms with Gasteiger partial charge in [-0.05, 0) is 119 Å². The summed E-state index contributed by atoms with van der Waals surface area (Å²) >= 11 is 0. The second-order valence-corrected chi connectivity index (χ2v) is 15.7. The average Bonchev–Trinajstić information content (AvgIpc) is 3.53. The Morgan fingerprint density at radius 2 is 1.81 bits per heavy atom. The number of nitrogens with zero attached hydrogens (tertiary/aromatic N) is 5. The van der Waals surface area contributed by atoms with Gasteiger partial charge in [0.25, 0.3) is 5.91 Å². The second kappa shape index (κ2) is 10.8. The number of aromatic nitrogens is 3. The largest absolute Gasteiger partial charge is 0.443 e. The molecule has 3 saturated carbocycles. The lowest BCUT2D eigenvalue weighted by atomic mass is 9.43. The molecule has 48 heavy (non-hydrogen) atoms. The number of carbonyl (C=O) groups excluding carboxylic acids is 2. The van der Waals surface area contributed by atoms with Gasteiger partial charge in [0.2, 0.25) is 0 Å². The molecule has 0 N–H and O–H groups in total. The summed E-state index contributed by atoms with van der Waals surface area (Å²) in [6.07, 6.45) is 0.259. The van der Waals surface area contributed by atoms with Gasteiger partial charge in [0.15, 0.2) is 0 Å². The van der Waals surface area contributed by atoms with Crippen LogP contribution in [-0.4, -0.2) is 49.0 Å². The van der Waals surface area contributed by atoms with Gasteiger partial charge in [-0.3, -0.25) is 9.69 Å². The summed E-state index contributed by atoms with van der Waals surface area (Å²) in [6.45, 7) is 6.86. The average molecular weight is 668 g/mol. The quantitative estimate of drug-likeness (QED) is 0.250. The number of hydrogen-bond donors (Lipinski definition) is 0. The Morgan fingerprint density at radius 1 is 1.10 bits per heavy atom. The van der Waals surface area contributed by atoms with Crippen LogP contribution in [0.4, 0.5) is 28.0 Å². The first-order chi connectivity index (χ1) is 22.4. The van der Waals surface area contributed by atoms with Gasteiger partial charge >= 0.3 is 12.3 Å². The Kier molecular flexibility index (Phi) is 7.31. The second-order valence-electron chi connectivity index (χ2n) is 15.7. The van der Waals surface area contributed by atoms with Crippen molar-refractivity contribution in [1.82, 2.24) is 19.7 Å². The number of amides is 2. The highest BCUT2D eigenvalue weighted by Crippen LogP contribution is 2.67. The van der Waals surface area contributed by atoms with Gasteiger partial charge in [-0.2, -0.15) is 13.2 Å². The van der Waals surface area contributed by atoms with E-state index in [9.17, 15) is 27.2 Å². The van der Waals surface area contributed by atoms with Crippen LogP contribution in [0.25, 0.3) is 0 Å². The number of hydrogen-bond acceptors (Lipinski definition) is 5. The van der Waals surface area contributed by atoms with E-state index in [1.165, 1.54) is 15.9 Å². The van der Waals surface area contributed by atoms with Crippen LogP contribution < -0.4 is 4.90 Å². The zero-order valence-corrected chi connectivity index (χ0v) is 28.0. The Morgan fingerprint density at radius 3 is 2.38 bits per heavy atom. The van der Waals surface area contributed by atoms with Crippen molar-refractivity contribution >= 4 is 17.7 Å². The van der Waals surface area contributed by atoms with Crippen LogP contribution in [0.2, 0.25) is 0 Å². The smallest absolute Gasteiger partial charge is 0.416 e. The number of aryl methyl sites for hydroxylation is 1. The molecule has 2 heterocycles. The molecule has 8 nitrogen and oxygen atoms in total. The molecule has 0 bridgehead atoms. The fourth-order valence-electron chi connectivity index (χ4n) is 8.40. The molecule has 0 atom stereocenters. The summed E-state index contributed by atoms with van der Waals surface area (Å²) in [6, 6.07) is 9.84. The highest BCUT2D eigenvalue weighted by molar-refractivity contribution is 6.10. The van der Waals surface area contributed by atoms with E-state index >= 15 is 0 Å². The fourth-order valence-corrected chi connectivity index (χ4v) is 8.40. The molecule has 1 spiro atoms. The summed E-state index contributed by atoms with van der Waals surface area (Å²) < 4.78 is 65.5. The first kappa shape index (κ1) is 32.6. The molecular weight excluding hydrogens is 626 g/mol. The minimum atomic E-state index is -4.72. The van der Waals surface area contributed by atoms with Gasteiger partial charge in [0.1, 0.15) is 23.9 Å². The van der Waals surface area contributed by atoms with Crippen LogP contribution in [0.15, 0.2) is 42.7 Å². The first-order valence-corrected chi connectivity index (χ1v) is 16.6. The van der Waals surface area contributed by atoms with Gasteiger partial charge in [0, 0.05) is 30.4 Å². The van der Waals surface area contributed by atoms with Gasteiger partial charge in [0.05, 0.1) is 17.5 Å². The van der Waals surface area contributed by atoms with Gasteiger partial charge in [-0.1, -0.05) is 12.1 Å². The maximum Gasteiger partial charge on any atom is 0.416 e. The number of carbonyl (C=O) groups is 2. The maximum atomic E-state index is 14.6. The first-order valence-electron chi connectivity index (χ1n) is 16.6. The molecule has 1 aliphatic heterocycles. The molecule has 0 saturated heterocycles. The Bertz CT molecular complexity index is 1780. The van der Waals surface area contributed by atoms with Crippen molar-refractivity contribution in [3.05, 3.63) is 76.4 Å². The molecule has 0 unspecified atom stereocenters. The fraction of sp³-hybridized carbons (Fsp3) is 0.556. The summed E-state index contributed by atoms with van der Waals surface area (Å²) in [7, 11) is 1.86. The highest BCUT2D eigenvalue weighted by atomic mass is 19.4. The third-order valence-corrected chi connectivity index (χ3v) is 11.0. The lowest BCUT2D eigenvalue weighted by Crippen LogP contribution is -2.58. The number of rotatable bonds is 6. The minimum absolute atomic E-state index is 0.0347. The molecule has 0 radical (unpaired) electrons. The SMILES string of the molecule is Cn1cnnc1C1(c2cccc(N3Cc4c(cc(CN(C(=O)OC5(C)CCC5)C(C)(C)C)cc4C(F)(F)F)C3=O)c2)CC2(CC(F)C2)C1. The predicted molar refractivity (Wildman–Crippen MR) is 170 cm³/mol. The zero-order valence-electron chi connectivity index (χ0n) is 28.0. The van der Waals surface area contributed by atoms with Crippen molar-refractivity contribution < 1.29 is 31.9 Å². The molecule has 4 aliphatic rings. The summed E-state index contributed by atoms with van der Waals surface area (Å²) in [5.41, 5.74) is -1.49. The topological polar surface area (TPSA) is 80.6 Å². The van der Waals surface area contributed by atoms with Crippen LogP contribution in [0.5, 0.6) is 0 Å². The van der Waals surface area contributed by atoms with E-state index in [4.69, 9.17) is 4.74 Å². The number of ether oxygens (including phenoxy) is 1. The molecule has 3 aromatic rings. The highest BCUT2D eigenvalue weighted by Gasteiger charge is 2.63. The van der Waals surface area contributed by atoms with E-state index in [0.717, 1.165) is 36.7 Å². The van der Waals surface area contributed by atoms with E-state index in [1.54, 1.807) is 39.2 Å². The van der Waals surface area contributed by atoms with Crippen LogP contribution in [0.1, 0.15) is 111 Å². The number of anilines is 1. The van der Waals surface area contributed by atoms with E-state index in [1.807, 2.05) is 30.7 Å².